The number of piperidine rings is 1. The van der Waals surface area contributed by atoms with Crippen molar-refractivity contribution in [1.29, 1.82) is 0 Å². The molecule has 2 unspecified atom stereocenters. The minimum absolute atomic E-state index is 0.735. The molecule has 1 heterocycles. The zero-order chi connectivity index (χ0) is 9.26. The summed E-state index contributed by atoms with van der Waals surface area (Å²) in [6.45, 7) is 5.80. The van der Waals surface area contributed by atoms with E-state index in [1.807, 2.05) is 0 Å². The predicted octanol–water partition coefficient (Wildman–Crippen LogP) is 1.51. The van der Waals surface area contributed by atoms with Gasteiger partial charge in [-0.1, -0.05) is 6.92 Å². The summed E-state index contributed by atoms with van der Waals surface area (Å²) in [6.07, 6.45) is 5.48. The van der Waals surface area contributed by atoms with Gasteiger partial charge in [-0.05, 0) is 38.5 Å². The molecule has 0 spiro atoms. The Morgan fingerprint density at radius 1 is 1.08 bits per heavy atom. The second-order valence-electron chi connectivity index (χ2n) is 5.02. The van der Waals surface area contributed by atoms with Crippen LogP contribution >= 0.6 is 0 Å². The van der Waals surface area contributed by atoms with Gasteiger partial charge in [0.25, 0.3) is 0 Å². The first-order valence-electron chi connectivity index (χ1n) is 5.73. The van der Waals surface area contributed by atoms with E-state index in [1.165, 1.54) is 32.2 Å². The van der Waals surface area contributed by atoms with Crippen molar-refractivity contribution >= 4 is 0 Å². The van der Waals surface area contributed by atoms with Gasteiger partial charge in [0, 0.05) is 24.7 Å². The van der Waals surface area contributed by atoms with Gasteiger partial charge < -0.3 is 10.6 Å². The number of hydrogen-bond donors (Lipinski definition) is 2. The van der Waals surface area contributed by atoms with Crippen LogP contribution in [0.1, 0.15) is 39.5 Å². The van der Waals surface area contributed by atoms with Crippen LogP contribution in [0.15, 0.2) is 0 Å². The molecule has 2 nitrogen and oxygen atoms in total. The number of nitrogens with one attached hydrogen (secondary N) is 2. The van der Waals surface area contributed by atoms with Crippen LogP contribution in [0.3, 0.4) is 0 Å². The van der Waals surface area contributed by atoms with Crippen LogP contribution in [-0.4, -0.2) is 24.7 Å². The second-order valence-corrected chi connectivity index (χ2v) is 5.02. The molecule has 2 fully saturated rings. The predicted molar refractivity (Wildman–Crippen MR) is 55.8 cm³/mol. The highest BCUT2D eigenvalue weighted by atomic mass is 15.0. The van der Waals surface area contributed by atoms with E-state index in [-0.39, 0.29) is 0 Å². The first-order valence-corrected chi connectivity index (χ1v) is 5.73. The van der Waals surface area contributed by atoms with E-state index in [9.17, 15) is 0 Å². The average Bonchev–Trinajstić information content (AvgIpc) is 2.06. The molecule has 1 aliphatic heterocycles. The summed E-state index contributed by atoms with van der Waals surface area (Å²) in [5, 5.41) is 7.28. The van der Waals surface area contributed by atoms with Gasteiger partial charge in [-0.3, -0.25) is 0 Å². The molecule has 76 valence electrons. The third-order valence-electron chi connectivity index (χ3n) is 3.51. The molecule has 0 amide bonds. The fourth-order valence-electron chi connectivity index (χ4n) is 2.51. The van der Waals surface area contributed by atoms with Crippen molar-refractivity contribution in [3.63, 3.8) is 0 Å². The molecule has 1 saturated heterocycles. The van der Waals surface area contributed by atoms with Crippen molar-refractivity contribution in [2.24, 2.45) is 5.92 Å². The van der Waals surface area contributed by atoms with Crippen molar-refractivity contribution in [3.05, 3.63) is 0 Å². The highest BCUT2D eigenvalue weighted by molar-refractivity contribution is 4.88. The van der Waals surface area contributed by atoms with Crippen LogP contribution in [0.5, 0.6) is 0 Å². The molecule has 0 radical (unpaired) electrons. The van der Waals surface area contributed by atoms with Crippen molar-refractivity contribution in [3.8, 4) is 0 Å². The lowest BCUT2D eigenvalue weighted by Crippen LogP contribution is -2.53. The Morgan fingerprint density at radius 3 is 2.38 bits per heavy atom. The van der Waals surface area contributed by atoms with Gasteiger partial charge in [-0.25, -0.2) is 0 Å². The summed E-state index contributed by atoms with van der Waals surface area (Å²) in [5.41, 5.74) is 0. The van der Waals surface area contributed by atoms with Crippen LogP contribution in [-0.2, 0) is 0 Å². The fourth-order valence-corrected chi connectivity index (χ4v) is 2.51. The second kappa shape index (κ2) is 3.97. The molecule has 2 aliphatic rings. The van der Waals surface area contributed by atoms with Gasteiger partial charge in [-0.2, -0.15) is 0 Å². The topological polar surface area (TPSA) is 24.1 Å². The Labute approximate surface area is 81.5 Å². The molecule has 0 bridgehead atoms. The molecule has 2 heteroatoms. The average molecular weight is 182 g/mol. The summed E-state index contributed by atoms with van der Waals surface area (Å²) in [4.78, 5) is 0. The molecule has 2 atom stereocenters. The van der Waals surface area contributed by atoms with Crippen molar-refractivity contribution in [1.82, 2.24) is 10.6 Å². The quantitative estimate of drug-likeness (QED) is 0.676. The molecule has 1 aliphatic carbocycles. The first kappa shape index (κ1) is 9.47. The summed E-state index contributed by atoms with van der Waals surface area (Å²) >= 11 is 0. The molecule has 0 aromatic carbocycles. The smallest absolute Gasteiger partial charge is 0.0195 e. The molecular formula is C11H22N2. The van der Waals surface area contributed by atoms with Crippen molar-refractivity contribution < 1.29 is 0 Å². The summed E-state index contributed by atoms with van der Waals surface area (Å²) in [5.74, 6) is 0.966. The Kier molecular flexibility index (Phi) is 2.89. The SMILES string of the molecule is CC1CC(NC2CCC(C)NC2)C1. The maximum Gasteiger partial charge on any atom is 0.0195 e. The van der Waals surface area contributed by atoms with Gasteiger partial charge in [0.1, 0.15) is 0 Å². The maximum absolute atomic E-state index is 3.74. The molecule has 2 rings (SSSR count). The standard InChI is InChI=1S/C11H22N2/c1-8-5-11(6-8)13-10-4-3-9(2)12-7-10/h8-13H,3-7H2,1-2H3. The van der Waals surface area contributed by atoms with E-state index in [0.29, 0.717) is 0 Å². The summed E-state index contributed by atoms with van der Waals surface area (Å²) < 4.78 is 0. The zero-order valence-corrected chi connectivity index (χ0v) is 8.84. The molecule has 0 aromatic heterocycles. The van der Waals surface area contributed by atoms with E-state index in [0.717, 1.165) is 24.0 Å². The van der Waals surface area contributed by atoms with Crippen LogP contribution in [0.25, 0.3) is 0 Å². The highest BCUT2D eigenvalue weighted by Gasteiger charge is 2.28. The van der Waals surface area contributed by atoms with Crippen molar-refractivity contribution in [2.45, 2.75) is 57.7 Å². The lowest BCUT2D eigenvalue weighted by atomic mass is 9.81. The van der Waals surface area contributed by atoms with E-state index in [2.05, 4.69) is 24.5 Å². The van der Waals surface area contributed by atoms with Gasteiger partial charge in [0.05, 0.1) is 0 Å². The van der Waals surface area contributed by atoms with Crippen LogP contribution in [0, 0.1) is 5.92 Å². The van der Waals surface area contributed by atoms with E-state index in [4.69, 9.17) is 0 Å². The number of rotatable bonds is 2. The maximum atomic E-state index is 3.74. The molecule has 1 saturated carbocycles. The Bertz CT molecular complexity index is 155. The minimum Gasteiger partial charge on any atom is -0.313 e. The Hall–Kier alpha value is -0.0800. The summed E-state index contributed by atoms with van der Waals surface area (Å²) in [6, 6.07) is 2.31. The molecule has 0 aromatic rings. The van der Waals surface area contributed by atoms with E-state index >= 15 is 0 Å². The normalized spacial score (nSPS) is 45.7. The minimum atomic E-state index is 0.735. The van der Waals surface area contributed by atoms with Gasteiger partial charge in [0.2, 0.25) is 0 Å². The fraction of sp³-hybridized carbons (Fsp3) is 1.00. The molecular weight excluding hydrogens is 160 g/mol. The Morgan fingerprint density at radius 2 is 1.85 bits per heavy atom. The lowest BCUT2D eigenvalue weighted by molar-refractivity contribution is 0.202. The third-order valence-corrected chi connectivity index (χ3v) is 3.51. The Balaban J connectivity index is 1.65. The zero-order valence-electron chi connectivity index (χ0n) is 8.84. The molecule has 2 N–H and O–H groups in total. The van der Waals surface area contributed by atoms with Gasteiger partial charge >= 0.3 is 0 Å². The lowest BCUT2D eigenvalue weighted by Gasteiger charge is -2.38. The van der Waals surface area contributed by atoms with E-state index < -0.39 is 0 Å². The summed E-state index contributed by atoms with van der Waals surface area (Å²) in [7, 11) is 0. The molecule has 13 heavy (non-hydrogen) atoms. The van der Waals surface area contributed by atoms with Crippen LogP contribution in [0.2, 0.25) is 0 Å². The van der Waals surface area contributed by atoms with Gasteiger partial charge in [0.15, 0.2) is 0 Å². The van der Waals surface area contributed by atoms with Crippen molar-refractivity contribution in [2.75, 3.05) is 6.54 Å². The third kappa shape index (κ3) is 2.44. The van der Waals surface area contributed by atoms with Crippen LogP contribution < -0.4 is 10.6 Å². The highest BCUT2D eigenvalue weighted by Crippen LogP contribution is 2.27. The number of hydrogen-bond acceptors (Lipinski definition) is 2. The monoisotopic (exact) mass is 182 g/mol. The largest absolute Gasteiger partial charge is 0.313 e. The van der Waals surface area contributed by atoms with E-state index in [1.54, 1.807) is 0 Å². The van der Waals surface area contributed by atoms with Crippen LogP contribution in [0.4, 0.5) is 0 Å². The first-order chi connectivity index (χ1) is 6.24. The van der Waals surface area contributed by atoms with Gasteiger partial charge in [-0.15, -0.1) is 0 Å².